The Kier molecular flexibility index (Phi) is 21.1. The largest absolute Gasteiger partial charge is 0.459 e. The predicted octanol–water partition coefficient (Wildman–Crippen LogP) is 7.18. The van der Waals surface area contributed by atoms with Gasteiger partial charge >= 0.3 is 5.97 Å². The van der Waals surface area contributed by atoms with Crippen molar-refractivity contribution in [3.05, 3.63) is 60.3 Å². The Balaban J connectivity index is 1.13. The summed E-state index contributed by atoms with van der Waals surface area (Å²) in [4.78, 5) is 27.2. The number of hydrogen-bond donors (Lipinski definition) is 3. The van der Waals surface area contributed by atoms with Crippen LogP contribution in [0.1, 0.15) is 137 Å². The summed E-state index contributed by atoms with van der Waals surface area (Å²) >= 11 is 0. The van der Waals surface area contributed by atoms with Crippen molar-refractivity contribution in [1.29, 1.82) is 0 Å². The van der Waals surface area contributed by atoms with Crippen molar-refractivity contribution in [2.45, 2.75) is 198 Å². The predicted molar refractivity (Wildman–Crippen MR) is 280 cm³/mol. The molecule has 0 amide bonds. The highest BCUT2D eigenvalue weighted by Gasteiger charge is 2.50. The summed E-state index contributed by atoms with van der Waals surface area (Å²) in [5, 5.41) is 45.3. The number of aliphatic hydroxyl groups is 3. The van der Waals surface area contributed by atoms with Gasteiger partial charge in [0, 0.05) is 95.1 Å². The van der Waals surface area contributed by atoms with Gasteiger partial charge in [0.15, 0.2) is 6.29 Å². The van der Waals surface area contributed by atoms with E-state index in [0.717, 1.165) is 28.9 Å². The van der Waals surface area contributed by atoms with Gasteiger partial charge in [-0.3, -0.25) is 14.8 Å². The first kappa shape index (κ1) is 59.7. The Morgan fingerprint density at radius 1 is 0.973 bits per heavy atom. The fourth-order valence-electron chi connectivity index (χ4n) is 12.5. The van der Waals surface area contributed by atoms with Gasteiger partial charge in [0.25, 0.3) is 0 Å². The Hall–Kier alpha value is -3.56. The molecule has 6 rings (SSSR count). The van der Waals surface area contributed by atoms with Crippen LogP contribution < -0.4 is 0 Å². The number of alkyl halides is 1. The lowest BCUT2D eigenvalue weighted by Gasteiger charge is -2.47. The topological polar surface area (TPSA) is 196 Å². The minimum Gasteiger partial charge on any atom is -0.459 e. The van der Waals surface area contributed by atoms with Crippen LogP contribution in [-0.2, 0) is 39.6 Å². The molecule has 2 aromatic heterocycles. The van der Waals surface area contributed by atoms with E-state index < -0.39 is 72.1 Å². The number of aliphatic hydroxyl groups excluding tert-OH is 1. The van der Waals surface area contributed by atoms with Gasteiger partial charge in [0.1, 0.15) is 36.6 Å². The van der Waals surface area contributed by atoms with Crippen LogP contribution >= 0.6 is 0 Å². The molecule has 3 aromatic rings. The zero-order valence-electron chi connectivity index (χ0n) is 46.6. The molecule has 3 N–H and O–H groups in total. The second-order valence-electron chi connectivity index (χ2n) is 22.9. The Bertz CT molecular complexity index is 2180. The van der Waals surface area contributed by atoms with Gasteiger partial charge in [-0.15, -0.1) is 5.10 Å². The molecule has 3 aliphatic heterocycles. The maximum atomic E-state index is 14.8. The quantitative estimate of drug-likeness (QED) is 0.115. The second-order valence-corrected chi connectivity index (χ2v) is 22.9. The van der Waals surface area contributed by atoms with Crippen LogP contribution in [0.3, 0.4) is 0 Å². The van der Waals surface area contributed by atoms with E-state index in [0.29, 0.717) is 64.5 Å². The smallest absolute Gasteiger partial charge is 0.309 e. The molecule has 3 saturated heterocycles. The average Bonchev–Trinajstić information content (AvgIpc) is 3.83. The summed E-state index contributed by atoms with van der Waals surface area (Å²) in [5.74, 6) is -1.78. The molecule has 0 spiro atoms. The fourth-order valence-corrected chi connectivity index (χ4v) is 12.5. The van der Waals surface area contributed by atoms with Gasteiger partial charge in [-0.25, -0.2) is 9.07 Å². The van der Waals surface area contributed by atoms with Crippen LogP contribution in [0.25, 0.3) is 11.3 Å². The van der Waals surface area contributed by atoms with E-state index in [2.05, 4.69) is 59.9 Å². The van der Waals surface area contributed by atoms with E-state index in [-0.39, 0.29) is 48.7 Å². The zero-order valence-corrected chi connectivity index (χ0v) is 46.6. The van der Waals surface area contributed by atoms with Crippen molar-refractivity contribution >= 4 is 5.97 Å². The lowest BCUT2D eigenvalue weighted by Crippen LogP contribution is -2.59. The van der Waals surface area contributed by atoms with Crippen LogP contribution in [0.15, 0.2) is 49.1 Å². The van der Waals surface area contributed by atoms with E-state index in [1.165, 1.54) is 0 Å². The summed E-state index contributed by atoms with van der Waals surface area (Å²) in [6.45, 7) is 18.2. The molecule has 1 unspecified atom stereocenters. The summed E-state index contributed by atoms with van der Waals surface area (Å²) in [7, 11) is 7.28. The number of cyclic esters (lactones) is 1. The van der Waals surface area contributed by atoms with E-state index in [1.54, 1.807) is 50.6 Å². The molecule has 17 atom stereocenters. The lowest BCUT2D eigenvalue weighted by atomic mass is 9.69. The summed E-state index contributed by atoms with van der Waals surface area (Å²) in [6.07, 6.45) is 7.60. The number of likely N-dealkylation sites (N-methyl/N-ethyl adjacent to an activating group) is 2. The summed E-state index contributed by atoms with van der Waals surface area (Å²) < 4.78 is 54.1. The molecule has 416 valence electrons. The number of hydrogen-bond acceptors (Lipinski definition) is 16. The van der Waals surface area contributed by atoms with Crippen molar-refractivity contribution in [2.75, 3.05) is 54.7 Å². The molecule has 0 bridgehead atoms. The Labute approximate surface area is 440 Å². The molecule has 5 heterocycles. The number of nitrogens with zero attached hydrogens (tertiary/aromatic N) is 7. The van der Waals surface area contributed by atoms with E-state index in [4.69, 9.17) is 28.4 Å². The van der Waals surface area contributed by atoms with Gasteiger partial charge in [-0.1, -0.05) is 57.2 Å². The summed E-state index contributed by atoms with van der Waals surface area (Å²) in [5.41, 5.74) is -0.233. The summed E-state index contributed by atoms with van der Waals surface area (Å²) in [6, 6.07) is 6.61. The lowest BCUT2D eigenvalue weighted by molar-refractivity contribution is -0.209. The number of methoxy groups -OCH3 is 2. The minimum atomic E-state index is -1.73. The third-order valence-corrected chi connectivity index (χ3v) is 16.8. The highest BCUT2D eigenvalue weighted by Crippen LogP contribution is 2.44. The molecule has 18 heteroatoms. The van der Waals surface area contributed by atoms with E-state index in [1.807, 2.05) is 63.9 Å². The molecule has 17 nitrogen and oxygen atoms in total. The zero-order chi connectivity index (χ0) is 54.1. The minimum absolute atomic E-state index is 0.0242. The third kappa shape index (κ3) is 14.9. The molecule has 0 radical (unpaired) electrons. The van der Waals surface area contributed by atoms with Crippen LogP contribution in [0.5, 0.6) is 0 Å². The van der Waals surface area contributed by atoms with Gasteiger partial charge in [0.2, 0.25) is 0 Å². The Morgan fingerprint density at radius 3 is 2.35 bits per heavy atom. The van der Waals surface area contributed by atoms with Crippen molar-refractivity contribution in [3.63, 3.8) is 0 Å². The normalized spacial score (nSPS) is 36.2. The van der Waals surface area contributed by atoms with Gasteiger partial charge in [-0.05, 0) is 98.2 Å². The average molecular weight is 1040 g/mol. The number of carbonyl (C=O) groups excluding carboxylic acids is 1. The molecule has 3 aliphatic rings. The van der Waals surface area contributed by atoms with Crippen LogP contribution in [0.2, 0.25) is 0 Å². The number of esters is 1. The van der Waals surface area contributed by atoms with Gasteiger partial charge in [-0.2, -0.15) is 0 Å². The molecule has 74 heavy (non-hydrogen) atoms. The van der Waals surface area contributed by atoms with Crippen molar-refractivity contribution in [3.8, 4) is 11.3 Å². The van der Waals surface area contributed by atoms with Gasteiger partial charge in [0.05, 0.1) is 59.6 Å². The van der Waals surface area contributed by atoms with E-state index in [9.17, 15) is 24.5 Å². The Morgan fingerprint density at radius 2 is 1.70 bits per heavy atom. The highest BCUT2D eigenvalue weighted by atomic mass is 19.1. The number of benzene rings is 1. The molecular formula is C56H90FN7O10. The highest BCUT2D eigenvalue weighted by molar-refractivity contribution is 5.73. The second kappa shape index (κ2) is 26.2. The standard InChI is InChI=1S/C56H90FN7O10/c1-14-48-55(9,67)52(65)40(7)63(11)33-35(2)27-56(68,28-36(3)50(39(6)53(66)74-48)47-30-54(8,70-13)29-38(5)72-47)20-24-71-49-26-44(25-37(4)73-49)62(10)23-19-43-34-64(61-60-43)46(31-57)51(69-12)42-17-15-41(16-18-42)45-32-58-21-22-59-45/h15-18,21-22,32,34-40,44,46-52,65,67-68H,14,19-20,23-31,33H2,1-13H3/t35-,36-,37-,38+,39-,40-,44+,46-,47-,48-,49-,50?,51-,52-,54+,55-,56-/m1/s1. The van der Waals surface area contributed by atoms with Crippen molar-refractivity contribution in [1.82, 2.24) is 34.8 Å². The monoisotopic (exact) mass is 1040 g/mol. The molecule has 1 aromatic carbocycles. The maximum Gasteiger partial charge on any atom is 0.309 e. The first-order valence-corrected chi connectivity index (χ1v) is 27.1. The first-order chi connectivity index (χ1) is 35.0. The molecule has 0 saturated carbocycles. The van der Waals surface area contributed by atoms with Crippen LogP contribution in [0.4, 0.5) is 4.39 Å². The van der Waals surface area contributed by atoms with E-state index >= 15 is 0 Å². The van der Waals surface area contributed by atoms with Crippen molar-refractivity contribution in [2.24, 2.45) is 23.7 Å². The third-order valence-electron chi connectivity index (χ3n) is 16.8. The van der Waals surface area contributed by atoms with Gasteiger partial charge < -0.3 is 53.5 Å². The van der Waals surface area contributed by atoms with Crippen LogP contribution in [-0.4, -0.2) is 176 Å². The number of aromatic nitrogens is 5. The number of carbonyl (C=O) groups is 1. The molecule has 3 fully saturated rings. The SMILES string of the molecule is CC[C@H]1OC(=O)[C@H](C)C([C@H]2C[C@@](C)(OC)C[C@H](C)O2)[C@H](C)C[C@@](O)(CCO[C@H]2C[C@@H](N(C)CCc3cn([C@H](CF)[C@H](OC)c4ccc(-c5cnccn5)cc4)nn3)C[C@@H](C)O2)C[C@@H](C)CN(C)[C@H](C)[C@@H](O)[C@]1(C)O. The fraction of sp³-hybridized carbons (Fsp3) is 0.768. The number of ether oxygens (including phenoxy) is 6. The maximum absolute atomic E-state index is 14.8. The first-order valence-electron chi connectivity index (χ1n) is 27.1. The van der Waals surface area contributed by atoms with Crippen molar-refractivity contribution < 1.29 is 52.9 Å². The molecule has 0 aliphatic carbocycles. The molecular weight excluding hydrogens is 950 g/mol. The number of rotatable bonds is 17. The van der Waals surface area contributed by atoms with Crippen LogP contribution in [0, 0.1) is 23.7 Å². The number of halogens is 1.